The maximum absolute atomic E-state index is 11.6. The van der Waals surface area contributed by atoms with Gasteiger partial charge in [-0.2, -0.15) is 0 Å². The van der Waals surface area contributed by atoms with Gasteiger partial charge in [-0.3, -0.25) is 15.4 Å². The minimum absolute atomic E-state index is 0.0525. The van der Waals surface area contributed by atoms with Crippen LogP contribution in [0, 0.1) is 17.0 Å². The summed E-state index contributed by atoms with van der Waals surface area (Å²) in [5, 5.41) is 13.2. The molecule has 6 heteroatoms. The molecule has 1 aromatic rings. The van der Waals surface area contributed by atoms with E-state index in [1.54, 1.807) is 26.8 Å². The van der Waals surface area contributed by atoms with Crippen molar-refractivity contribution in [1.82, 2.24) is 0 Å². The maximum Gasteiger partial charge on any atom is 0.412 e. The Balaban J connectivity index is 2.97. The molecular weight excluding hydrogens is 236 g/mol. The van der Waals surface area contributed by atoms with Crippen LogP contribution in [0.4, 0.5) is 16.2 Å². The number of amides is 1. The second-order valence-corrected chi connectivity index (χ2v) is 4.70. The Labute approximate surface area is 105 Å². The molecule has 0 bridgehead atoms. The third-order valence-corrected chi connectivity index (χ3v) is 1.95. The number of para-hydroxylation sites is 1. The lowest BCUT2D eigenvalue weighted by atomic mass is 10.1. The van der Waals surface area contributed by atoms with Crippen molar-refractivity contribution >= 4 is 17.5 Å². The third-order valence-electron chi connectivity index (χ3n) is 1.95. The van der Waals surface area contributed by atoms with Gasteiger partial charge in [0.2, 0.25) is 0 Å². The highest BCUT2D eigenvalue weighted by atomic mass is 16.6. The Morgan fingerprint density at radius 3 is 2.56 bits per heavy atom. The Morgan fingerprint density at radius 2 is 2.06 bits per heavy atom. The van der Waals surface area contributed by atoms with Crippen LogP contribution in [0.2, 0.25) is 0 Å². The SMILES string of the molecule is [CH2]c1cccc([N+](=O)[O-])c1NC(=O)OC(C)(C)C. The lowest BCUT2D eigenvalue weighted by Crippen LogP contribution is -2.27. The highest BCUT2D eigenvalue weighted by molar-refractivity contribution is 5.89. The summed E-state index contributed by atoms with van der Waals surface area (Å²) in [6.45, 7) is 8.75. The van der Waals surface area contributed by atoms with Crippen LogP contribution in [-0.4, -0.2) is 16.6 Å². The van der Waals surface area contributed by atoms with Gasteiger partial charge < -0.3 is 4.74 Å². The Bertz CT molecular complexity index is 477. The van der Waals surface area contributed by atoms with Crippen LogP contribution in [0.5, 0.6) is 0 Å². The molecule has 0 aliphatic carbocycles. The average Bonchev–Trinajstić information content (AvgIpc) is 2.17. The van der Waals surface area contributed by atoms with E-state index in [2.05, 4.69) is 12.2 Å². The first-order valence-electron chi connectivity index (χ1n) is 5.30. The molecule has 0 aliphatic heterocycles. The van der Waals surface area contributed by atoms with Crippen molar-refractivity contribution in [2.75, 3.05) is 5.32 Å². The van der Waals surface area contributed by atoms with Gasteiger partial charge in [0.1, 0.15) is 11.3 Å². The van der Waals surface area contributed by atoms with Crippen LogP contribution in [0.1, 0.15) is 26.3 Å². The predicted molar refractivity (Wildman–Crippen MR) is 67.4 cm³/mol. The number of carbonyl (C=O) groups excluding carboxylic acids is 1. The average molecular weight is 251 g/mol. The number of hydrogen-bond acceptors (Lipinski definition) is 4. The number of nitro benzene ring substituents is 1. The van der Waals surface area contributed by atoms with E-state index in [-0.39, 0.29) is 11.4 Å². The molecular formula is C12H15N2O4. The van der Waals surface area contributed by atoms with E-state index < -0.39 is 16.6 Å². The molecule has 0 fully saturated rings. The molecule has 97 valence electrons. The van der Waals surface area contributed by atoms with Crippen molar-refractivity contribution < 1.29 is 14.5 Å². The fourth-order valence-electron chi connectivity index (χ4n) is 1.29. The van der Waals surface area contributed by atoms with E-state index in [1.165, 1.54) is 12.1 Å². The number of hydrogen-bond donors (Lipinski definition) is 1. The monoisotopic (exact) mass is 251 g/mol. The van der Waals surface area contributed by atoms with Crippen LogP contribution in [0.25, 0.3) is 0 Å². The molecule has 0 aromatic heterocycles. The van der Waals surface area contributed by atoms with Crippen molar-refractivity contribution in [3.8, 4) is 0 Å². The van der Waals surface area contributed by atoms with E-state index in [1.807, 2.05) is 0 Å². The predicted octanol–water partition coefficient (Wildman–Crippen LogP) is 3.12. The molecule has 1 aromatic carbocycles. The van der Waals surface area contributed by atoms with Crippen molar-refractivity contribution in [2.45, 2.75) is 26.4 Å². The number of benzene rings is 1. The molecule has 1 amide bonds. The first-order valence-corrected chi connectivity index (χ1v) is 5.30. The third kappa shape index (κ3) is 3.73. The lowest BCUT2D eigenvalue weighted by Gasteiger charge is -2.20. The van der Waals surface area contributed by atoms with Crippen LogP contribution >= 0.6 is 0 Å². The standard InChI is InChI=1S/C12H15N2O4/c1-8-6-5-7-9(14(16)17)10(8)13-11(15)18-12(2,3)4/h5-7H,1H2,2-4H3,(H,13,15). The number of nitrogens with one attached hydrogen (secondary N) is 1. The summed E-state index contributed by atoms with van der Waals surface area (Å²) in [4.78, 5) is 21.8. The molecule has 1 rings (SSSR count). The van der Waals surface area contributed by atoms with Crippen LogP contribution in [0.3, 0.4) is 0 Å². The zero-order chi connectivity index (χ0) is 13.9. The number of nitro groups is 1. The number of rotatable bonds is 2. The summed E-state index contributed by atoms with van der Waals surface area (Å²) in [5.74, 6) is 0. The fraction of sp³-hybridized carbons (Fsp3) is 0.333. The molecule has 0 spiro atoms. The minimum atomic E-state index is -0.748. The van der Waals surface area contributed by atoms with Gasteiger partial charge in [-0.25, -0.2) is 4.79 Å². The highest BCUT2D eigenvalue weighted by Crippen LogP contribution is 2.28. The van der Waals surface area contributed by atoms with E-state index in [9.17, 15) is 14.9 Å². The summed E-state index contributed by atoms with van der Waals surface area (Å²) in [7, 11) is 0. The van der Waals surface area contributed by atoms with Gasteiger partial charge in [0, 0.05) is 6.07 Å². The van der Waals surface area contributed by atoms with Crippen molar-refractivity contribution in [3.63, 3.8) is 0 Å². The quantitative estimate of drug-likeness (QED) is 0.646. The number of nitrogens with zero attached hydrogens (tertiary/aromatic N) is 1. The van der Waals surface area contributed by atoms with Crippen LogP contribution < -0.4 is 5.32 Å². The molecule has 18 heavy (non-hydrogen) atoms. The highest BCUT2D eigenvalue weighted by Gasteiger charge is 2.21. The first-order chi connectivity index (χ1) is 8.20. The molecule has 0 heterocycles. The van der Waals surface area contributed by atoms with Gasteiger partial charge >= 0.3 is 6.09 Å². The summed E-state index contributed by atoms with van der Waals surface area (Å²) < 4.78 is 5.03. The fourth-order valence-corrected chi connectivity index (χ4v) is 1.29. The van der Waals surface area contributed by atoms with E-state index >= 15 is 0 Å². The Hall–Kier alpha value is -2.11. The Morgan fingerprint density at radius 1 is 1.44 bits per heavy atom. The van der Waals surface area contributed by atoms with Crippen LogP contribution in [-0.2, 0) is 4.74 Å². The molecule has 1 radical (unpaired) electrons. The second kappa shape index (κ2) is 5.03. The van der Waals surface area contributed by atoms with Gasteiger partial charge in [0.25, 0.3) is 5.69 Å². The molecule has 0 atom stereocenters. The second-order valence-electron chi connectivity index (χ2n) is 4.70. The smallest absolute Gasteiger partial charge is 0.412 e. The number of ether oxygens (including phenoxy) is 1. The van der Waals surface area contributed by atoms with Crippen molar-refractivity contribution in [1.29, 1.82) is 0 Å². The van der Waals surface area contributed by atoms with Gasteiger partial charge in [0.05, 0.1) is 4.92 Å². The molecule has 0 saturated carbocycles. The van der Waals surface area contributed by atoms with Crippen LogP contribution in [0.15, 0.2) is 18.2 Å². The molecule has 0 saturated heterocycles. The Kier molecular flexibility index (Phi) is 3.90. The van der Waals surface area contributed by atoms with Crippen molar-refractivity contribution in [2.24, 2.45) is 0 Å². The van der Waals surface area contributed by atoms with Gasteiger partial charge in [-0.05, 0) is 33.3 Å². The summed E-state index contributed by atoms with van der Waals surface area (Å²) in [6, 6.07) is 4.36. The van der Waals surface area contributed by atoms with Crippen molar-refractivity contribution in [3.05, 3.63) is 40.8 Å². The minimum Gasteiger partial charge on any atom is -0.444 e. The van der Waals surface area contributed by atoms with Gasteiger partial charge in [0.15, 0.2) is 0 Å². The number of anilines is 1. The number of carbonyl (C=O) groups is 1. The zero-order valence-electron chi connectivity index (χ0n) is 10.5. The summed E-state index contributed by atoms with van der Waals surface area (Å²) >= 11 is 0. The van der Waals surface area contributed by atoms with Gasteiger partial charge in [-0.15, -0.1) is 0 Å². The van der Waals surface area contributed by atoms with Gasteiger partial charge in [-0.1, -0.05) is 12.1 Å². The summed E-state index contributed by atoms with van der Waals surface area (Å²) in [6.07, 6.45) is -0.748. The molecule has 1 N–H and O–H groups in total. The normalized spacial score (nSPS) is 10.9. The first kappa shape index (κ1) is 14.0. The molecule has 0 aliphatic rings. The summed E-state index contributed by atoms with van der Waals surface area (Å²) in [5.41, 5.74) is -0.477. The largest absolute Gasteiger partial charge is 0.444 e. The van der Waals surface area contributed by atoms with E-state index in [4.69, 9.17) is 4.74 Å². The van der Waals surface area contributed by atoms with E-state index in [0.717, 1.165) is 0 Å². The van der Waals surface area contributed by atoms with E-state index in [0.29, 0.717) is 5.56 Å². The maximum atomic E-state index is 11.6. The molecule has 0 unspecified atom stereocenters. The topological polar surface area (TPSA) is 81.5 Å². The zero-order valence-corrected chi connectivity index (χ0v) is 10.5. The molecule has 6 nitrogen and oxygen atoms in total. The lowest BCUT2D eigenvalue weighted by molar-refractivity contribution is -0.383.